The summed E-state index contributed by atoms with van der Waals surface area (Å²) < 4.78 is 0. The van der Waals surface area contributed by atoms with E-state index in [2.05, 4.69) is 478 Å². The monoisotopic (exact) mass is 1940 g/mol. The van der Waals surface area contributed by atoms with E-state index in [1.165, 1.54) is 234 Å². The summed E-state index contributed by atoms with van der Waals surface area (Å²) >= 11 is 0. The summed E-state index contributed by atoms with van der Waals surface area (Å²) in [5.41, 5.74) is 55.9. The van der Waals surface area contributed by atoms with E-state index in [9.17, 15) is 0 Å². The molecule has 0 amide bonds. The maximum absolute atomic E-state index is 2.84. The molecule has 0 aliphatic heterocycles. The van der Waals surface area contributed by atoms with Crippen LogP contribution in [0.15, 0.2) is 291 Å². The van der Waals surface area contributed by atoms with Crippen molar-refractivity contribution in [3.05, 3.63) is 414 Å². The number of rotatable bonds is 25. The van der Waals surface area contributed by atoms with E-state index in [0.29, 0.717) is 0 Å². The van der Waals surface area contributed by atoms with E-state index in [1.54, 1.807) is 0 Å². The fourth-order valence-electron chi connectivity index (χ4n) is 16.3. The van der Waals surface area contributed by atoms with Crippen molar-refractivity contribution in [2.75, 3.05) is 0 Å². The van der Waals surface area contributed by atoms with Crippen molar-refractivity contribution < 1.29 is 0 Å². The molecule has 127 heavy (non-hydrogen) atoms. The second kappa shape index (κ2) is 51.3. The van der Waals surface area contributed by atoms with Crippen LogP contribution in [0.1, 0.15) is 122 Å². The lowest BCUT2D eigenvalue weighted by molar-refractivity contribution is 1.31. The average molecular weight is 1940 g/mol. The third-order valence-corrected chi connectivity index (χ3v) is 30.5. The first kappa shape index (κ1) is 102. The predicted molar refractivity (Wildman–Crippen MR) is 621 cm³/mol. The summed E-state index contributed by atoms with van der Waals surface area (Å²) in [5.74, 6) is 0. The molecule has 0 saturated heterocycles. The third kappa shape index (κ3) is 28.4. The molecule has 0 spiro atoms. The fraction of sp³-hybridized carbons (Fsp3) is 0.196. The van der Waals surface area contributed by atoms with Gasteiger partial charge < -0.3 is 0 Å². The minimum Gasteiger partial charge on any atom is -0.133 e. The Hall–Kier alpha value is -5.25. The quantitative estimate of drug-likeness (QED) is 0.0500. The molecule has 0 saturated carbocycles. The van der Waals surface area contributed by atoms with Gasteiger partial charge in [-0.3, -0.25) is 0 Å². The Morgan fingerprint density at radius 2 is 0.378 bits per heavy atom. The maximum Gasteiger partial charge on any atom is -0.0126 e. The van der Waals surface area contributed by atoms with Crippen LogP contribution in [0, 0.1) is 48.5 Å². The second-order valence-corrected chi connectivity index (χ2v) is 39.0. The Morgan fingerprint density at radius 1 is 0.134 bits per heavy atom. The second-order valence-electron chi connectivity index (χ2n) is 32.8. The molecule has 652 valence electrons. The Kier molecular flexibility index (Phi) is 41.3. The molecule has 0 nitrogen and oxygen atoms in total. The lowest BCUT2D eigenvalue weighted by Gasteiger charge is -2.14. The van der Waals surface area contributed by atoms with Crippen LogP contribution in [0.5, 0.6) is 0 Å². The molecule has 0 radical (unpaired) electrons. The summed E-state index contributed by atoms with van der Waals surface area (Å²) in [5, 5.41) is 0. The van der Waals surface area contributed by atoms with Crippen LogP contribution in [0.2, 0.25) is 0 Å². The van der Waals surface area contributed by atoms with Crippen molar-refractivity contribution >= 4 is 139 Å². The molecule has 15 heteroatoms. The van der Waals surface area contributed by atoms with Gasteiger partial charge in [0.25, 0.3) is 0 Å². The molecule has 15 aromatic carbocycles. The van der Waals surface area contributed by atoms with Gasteiger partial charge in [0.15, 0.2) is 0 Å². The molecule has 0 fully saturated rings. The van der Waals surface area contributed by atoms with E-state index in [1.807, 2.05) is 0 Å². The summed E-state index contributed by atoms with van der Waals surface area (Å²) in [7, 11) is 42.4. The van der Waals surface area contributed by atoms with Crippen molar-refractivity contribution in [3.8, 4) is 111 Å². The third-order valence-electron chi connectivity index (χ3n) is 23.5. The first-order valence-electron chi connectivity index (χ1n) is 43.7. The Morgan fingerprint density at radius 3 is 0.724 bits per heavy atom. The normalized spacial score (nSPS) is 10.9. The zero-order chi connectivity index (χ0) is 90.8. The highest BCUT2D eigenvalue weighted by atomic mass is 31.0. The molecule has 0 N–H and O–H groups in total. The van der Waals surface area contributed by atoms with Crippen LogP contribution in [-0.4, -0.2) is 0 Å². The number of benzene rings is 15. The molecule has 15 rings (SSSR count). The minimum absolute atomic E-state index is 0.986. The van der Waals surface area contributed by atoms with E-state index < -0.39 is 0 Å². The standard InChI is InChI=1S/2C23H27P3.3C22H25P3/c1-15-3-5-20(22-6-4-17(12-24)7-16(22)2)11-23(15)21-9-18(13-25)8-19(10-21)14-26;1-15-5-21(19-3-4-20(14-26)16(2)7-19)11-22(6-15)23-9-17(12-24)8-18(10-23)13-25;1-15-2-5-20(19-6-3-16(12-23)4-7-19)11-22(15)21-9-17(13-24)8-18(10-21)14-25;1-15-7-20(5-6-21(15)14-25)18-3-2-4-19(11-18)22-9-16(12-23)8-17(10-22)13-24;1-15-7-16(12-23)5-6-22(15)20-4-2-3-19(11-20)21-9-17(13-24)8-18(10-21)14-25/h2*3-11H,12-14,24-26H2,1-2H3;3*2-11H,12-14,23-25H2,1H3. The molecule has 0 aliphatic carbocycles. The highest BCUT2D eigenvalue weighted by Crippen LogP contribution is 2.40. The number of aryl methyl sites for hydroxylation is 7. The van der Waals surface area contributed by atoms with Gasteiger partial charge in [0.1, 0.15) is 0 Å². The van der Waals surface area contributed by atoms with Gasteiger partial charge >= 0.3 is 0 Å². The van der Waals surface area contributed by atoms with Crippen LogP contribution in [0.25, 0.3) is 111 Å². The number of hydrogen-bond donors (Lipinski definition) is 0. The summed E-state index contributed by atoms with van der Waals surface area (Å²) in [4.78, 5) is 0. The van der Waals surface area contributed by atoms with Gasteiger partial charge in [-0.05, 0) is 405 Å². The van der Waals surface area contributed by atoms with Gasteiger partial charge in [-0.25, -0.2) is 0 Å². The highest BCUT2D eigenvalue weighted by Gasteiger charge is 2.16. The molecule has 0 heterocycles. The molecule has 15 aromatic rings. The van der Waals surface area contributed by atoms with Crippen LogP contribution >= 0.6 is 139 Å². The van der Waals surface area contributed by atoms with Gasteiger partial charge in [0.2, 0.25) is 0 Å². The van der Waals surface area contributed by atoms with Crippen molar-refractivity contribution in [2.45, 2.75) is 141 Å². The summed E-state index contributed by atoms with van der Waals surface area (Å²) in [6.07, 6.45) is 14.9. The van der Waals surface area contributed by atoms with Crippen molar-refractivity contribution in [1.82, 2.24) is 0 Å². The largest absolute Gasteiger partial charge is 0.133 e. The smallest absolute Gasteiger partial charge is 0.0126 e. The van der Waals surface area contributed by atoms with Gasteiger partial charge in [0, 0.05) is 0 Å². The van der Waals surface area contributed by atoms with Crippen LogP contribution in [0.3, 0.4) is 0 Å². The predicted octanol–water partition coefficient (Wildman–Crippen LogP) is 32.9. The van der Waals surface area contributed by atoms with Gasteiger partial charge in [-0.15, -0.1) is 139 Å². The Balaban J connectivity index is 0.000000154. The van der Waals surface area contributed by atoms with Crippen molar-refractivity contribution in [2.24, 2.45) is 0 Å². The van der Waals surface area contributed by atoms with Crippen LogP contribution in [0.4, 0.5) is 0 Å². The van der Waals surface area contributed by atoms with E-state index in [-0.39, 0.29) is 0 Å². The Bertz CT molecular complexity index is 6130. The molecular formula is C112H129P15. The molecule has 0 aliphatic rings. The van der Waals surface area contributed by atoms with Gasteiger partial charge in [-0.2, -0.15) is 0 Å². The molecule has 15 unspecified atom stereocenters. The lowest BCUT2D eigenvalue weighted by Crippen LogP contribution is -1.92. The van der Waals surface area contributed by atoms with Gasteiger partial charge in [-0.1, -0.05) is 261 Å². The van der Waals surface area contributed by atoms with Crippen LogP contribution in [-0.2, 0) is 92.4 Å². The summed E-state index contributed by atoms with van der Waals surface area (Å²) in [6, 6.07) is 109. The fourth-order valence-corrected chi connectivity index (χ4v) is 20.3. The Labute approximate surface area is 797 Å². The average Bonchev–Trinajstić information content (AvgIpc) is 0.807. The minimum atomic E-state index is 0.986. The van der Waals surface area contributed by atoms with Crippen molar-refractivity contribution in [3.63, 3.8) is 0 Å². The zero-order valence-electron chi connectivity index (χ0n) is 75.0. The molecular weight excluding hydrogens is 1810 g/mol. The first-order valence-corrected chi connectivity index (χ1v) is 56.0. The zero-order valence-corrected chi connectivity index (χ0v) is 92.3. The SMILES string of the molecule is Cc1cc(-c2cc(CP)cc(CP)c2)cc(-c2ccc(CP)c(C)c2)c1.Cc1cc(-c2cccc(-c3cc(CP)cc(CP)c3)c2)ccc1CP.Cc1cc(CP)ccc1-c1ccc(C)c(-c2cc(CP)cc(CP)c2)c1.Cc1cc(CP)ccc1-c1cccc(-c2cc(CP)cc(CP)c2)c1.Cc1ccc(-c2ccc(CP)cc2)cc1-c1cc(CP)cc(CP)c1. The van der Waals surface area contributed by atoms with Crippen LogP contribution < -0.4 is 0 Å². The molecule has 0 aromatic heterocycles. The van der Waals surface area contributed by atoms with Crippen molar-refractivity contribution in [1.29, 1.82) is 0 Å². The molecule has 15 atom stereocenters. The topological polar surface area (TPSA) is 0 Å². The number of hydrogen-bond acceptors (Lipinski definition) is 0. The lowest BCUT2D eigenvalue weighted by atomic mass is 9.92. The van der Waals surface area contributed by atoms with E-state index >= 15 is 0 Å². The van der Waals surface area contributed by atoms with E-state index in [4.69, 9.17) is 0 Å². The van der Waals surface area contributed by atoms with E-state index in [0.717, 1.165) is 92.4 Å². The summed E-state index contributed by atoms with van der Waals surface area (Å²) in [6.45, 7) is 15.4. The van der Waals surface area contributed by atoms with Gasteiger partial charge in [0.05, 0.1) is 0 Å². The molecule has 0 bridgehead atoms. The highest BCUT2D eigenvalue weighted by molar-refractivity contribution is 7.18. The maximum atomic E-state index is 2.84. The first-order chi connectivity index (χ1) is 61.5.